The van der Waals surface area contributed by atoms with Gasteiger partial charge in [-0.25, -0.2) is 4.79 Å². The van der Waals surface area contributed by atoms with Crippen molar-refractivity contribution in [1.82, 2.24) is 0 Å². The Bertz CT molecular complexity index is 464. The molecule has 1 saturated carbocycles. The topological polar surface area (TPSA) is 54.4 Å². The van der Waals surface area contributed by atoms with Gasteiger partial charge in [0.25, 0.3) is 0 Å². The van der Waals surface area contributed by atoms with E-state index in [4.69, 9.17) is 5.11 Å². The van der Waals surface area contributed by atoms with Gasteiger partial charge in [0.15, 0.2) is 0 Å². The maximum absolute atomic E-state index is 12.0. The van der Waals surface area contributed by atoms with Crippen LogP contribution in [0, 0.1) is 12.8 Å². The Morgan fingerprint density at radius 1 is 1.47 bits per heavy atom. The van der Waals surface area contributed by atoms with Gasteiger partial charge in [-0.3, -0.25) is 4.21 Å². The molecule has 1 aliphatic carbocycles. The molecule has 1 atom stereocenters. The molecule has 4 heteroatoms. The number of hydrogen-bond acceptors (Lipinski definition) is 2. The average molecular weight is 252 g/mol. The molecule has 2 rings (SSSR count). The van der Waals surface area contributed by atoms with E-state index >= 15 is 0 Å². The Morgan fingerprint density at radius 3 is 2.76 bits per heavy atom. The van der Waals surface area contributed by atoms with Crippen LogP contribution in [0.15, 0.2) is 23.1 Å². The normalized spacial score (nSPS) is 16.8. The van der Waals surface area contributed by atoms with E-state index in [2.05, 4.69) is 0 Å². The van der Waals surface area contributed by atoms with Crippen LogP contribution in [0.1, 0.15) is 35.2 Å². The predicted molar refractivity (Wildman–Crippen MR) is 66.8 cm³/mol. The zero-order chi connectivity index (χ0) is 12.4. The second-order valence-corrected chi connectivity index (χ2v) is 6.13. The van der Waals surface area contributed by atoms with Crippen molar-refractivity contribution in [3.63, 3.8) is 0 Å². The molecule has 1 aromatic carbocycles. The van der Waals surface area contributed by atoms with Crippen LogP contribution in [0.25, 0.3) is 0 Å². The van der Waals surface area contributed by atoms with Gasteiger partial charge in [-0.15, -0.1) is 0 Å². The van der Waals surface area contributed by atoms with Crippen LogP contribution < -0.4 is 0 Å². The Balaban J connectivity index is 2.11. The van der Waals surface area contributed by atoms with Crippen LogP contribution in [0.2, 0.25) is 0 Å². The van der Waals surface area contributed by atoms with Crippen molar-refractivity contribution >= 4 is 16.8 Å². The summed E-state index contributed by atoms with van der Waals surface area (Å²) in [5, 5.41) is 9.00. The lowest BCUT2D eigenvalue weighted by Gasteiger charge is -2.05. The molecule has 1 aliphatic rings. The number of aromatic carboxylic acids is 1. The van der Waals surface area contributed by atoms with E-state index in [1.54, 1.807) is 25.1 Å². The third kappa shape index (κ3) is 3.16. The van der Waals surface area contributed by atoms with Crippen molar-refractivity contribution < 1.29 is 14.1 Å². The minimum absolute atomic E-state index is 0.252. The standard InChI is InChI=1S/C13H16O3S/c1-9-2-5-11(8-12(9)13(14)15)17(16)7-6-10-3-4-10/h2,5,8,10H,3-4,6-7H2,1H3,(H,14,15). The van der Waals surface area contributed by atoms with Crippen molar-refractivity contribution in [1.29, 1.82) is 0 Å². The van der Waals surface area contributed by atoms with Crippen molar-refractivity contribution in [3.8, 4) is 0 Å². The Morgan fingerprint density at radius 2 is 2.18 bits per heavy atom. The van der Waals surface area contributed by atoms with Gasteiger partial charge < -0.3 is 5.11 Å². The molecule has 1 fully saturated rings. The summed E-state index contributed by atoms with van der Waals surface area (Å²) in [6.07, 6.45) is 3.50. The van der Waals surface area contributed by atoms with Crippen LogP contribution in [0.4, 0.5) is 0 Å². The van der Waals surface area contributed by atoms with Crippen molar-refractivity contribution in [2.24, 2.45) is 5.92 Å². The van der Waals surface area contributed by atoms with Gasteiger partial charge in [-0.1, -0.05) is 18.9 Å². The third-order valence-corrected chi connectivity index (χ3v) is 4.50. The lowest BCUT2D eigenvalue weighted by molar-refractivity contribution is 0.0696. The molecule has 0 saturated heterocycles. The van der Waals surface area contributed by atoms with Crippen LogP contribution in [-0.2, 0) is 10.8 Å². The fourth-order valence-corrected chi connectivity index (χ4v) is 3.02. The minimum Gasteiger partial charge on any atom is -0.478 e. The summed E-state index contributed by atoms with van der Waals surface area (Å²) in [5.41, 5.74) is 0.961. The van der Waals surface area contributed by atoms with E-state index in [1.807, 2.05) is 0 Å². The van der Waals surface area contributed by atoms with Gasteiger partial charge >= 0.3 is 5.97 Å². The predicted octanol–water partition coefficient (Wildman–Crippen LogP) is 2.60. The number of hydrogen-bond donors (Lipinski definition) is 1. The molecule has 0 heterocycles. The first-order valence-corrected chi connectivity index (χ1v) is 7.12. The largest absolute Gasteiger partial charge is 0.478 e. The molecule has 1 aromatic rings. The van der Waals surface area contributed by atoms with Gasteiger partial charge in [-0.2, -0.15) is 0 Å². The highest BCUT2D eigenvalue weighted by atomic mass is 32.2. The molecule has 0 aromatic heterocycles. The van der Waals surface area contributed by atoms with Crippen molar-refractivity contribution in [2.45, 2.75) is 31.1 Å². The quantitative estimate of drug-likeness (QED) is 0.876. The summed E-state index contributed by atoms with van der Waals surface area (Å²) in [6, 6.07) is 5.04. The van der Waals surface area contributed by atoms with Crippen molar-refractivity contribution in [2.75, 3.05) is 5.75 Å². The minimum atomic E-state index is -1.06. The first-order valence-electron chi connectivity index (χ1n) is 5.80. The fraction of sp³-hybridized carbons (Fsp3) is 0.462. The lowest BCUT2D eigenvalue weighted by atomic mass is 10.1. The van der Waals surface area contributed by atoms with Crippen LogP contribution in [0.5, 0.6) is 0 Å². The summed E-state index contributed by atoms with van der Waals surface area (Å²) in [7, 11) is -1.06. The molecule has 0 aliphatic heterocycles. The Hall–Kier alpha value is -1.16. The highest BCUT2D eigenvalue weighted by Gasteiger charge is 2.22. The summed E-state index contributed by atoms with van der Waals surface area (Å²) in [4.78, 5) is 11.6. The highest BCUT2D eigenvalue weighted by molar-refractivity contribution is 7.85. The number of aryl methyl sites for hydroxylation is 1. The molecule has 0 amide bonds. The SMILES string of the molecule is Cc1ccc(S(=O)CCC2CC2)cc1C(=O)O. The molecule has 1 unspecified atom stereocenters. The van der Waals surface area contributed by atoms with Gasteiger partial charge in [0.05, 0.1) is 16.4 Å². The molecule has 1 N–H and O–H groups in total. The molecular formula is C13H16O3S. The number of carboxylic acids is 1. The van der Waals surface area contributed by atoms with Crippen LogP contribution in [0.3, 0.4) is 0 Å². The Labute approximate surface area is 103 Å². The molecule has 0 radical (unpaired) electrons. The highest BCUT2D eigenvalue weighted by Crippen LogP contribution is 2.32. The first kappa shape index (κ1) is 12.3. The zero-order valence-electron chi connectivity index (χ0n) is 9.81. The van der Waals surface area contributed by atoms with Gasteiger partial charge in [0, 0.05) is 10.6 Å². The van der Waals surface area contributed by atoms with Crippen LogP contribution in [-0.4, -0.2) is 21.0 Å². The second-order valence-electron chi connectivity index (χ2n) is 4.56. The molecule has 0 bridgehead atoms. The van der Waals surface area contributed by atoms with E-state index in [-0.39, 0.29) is 5.56 Å². The first-order chi connectivity index (χ1) is 8.08. The second kappa shape index (κ2) is 5.00. The summed E-state index contributed by atoms with van der Waals surface area (Å²) in [5.74, 6) is 0.444. The lowest BCUT2D eigenvalue weighted by Crippen LogP contribution is -2.04. The molecular weight excluding hydrogens is 236 g/mol. The summed E-state index contributed by atoms with van der Waals surface area (Å²) < 4.78 is 12.0. The van der Waals surface area contributed by atoms with E-state index in [0.29, 0.717) is 16.2 Å². The number of rotatable bonds is 5. The third-order valence-electron chi connectivity index (χ3n) is 3.11. The van der Waals surface area contributed by atoms with E-state index in [9.17, 15) is 9.00 Å². The number of benzene rings is 1. The van der Waals surface area contributed by atoms with E-state index in [0.717, 1.165) is 12.3 Å². The monoisotopic (exact) mass is 252 g/mol. The molecule has 3 nitrogen and oxygen atoms in total. The van der Waals surface area contributed by atoms with Gasteiger partial charge in [-0.05, 0) is 37.0 Å². The zero-order valence-corrected chi connectivity index (χ0v) is 10.6. The molecule has 17 heavy (non-hydrogen) atoms. The summed E-state index contributed by atoms with van der Waals surface area (Å²) in [6.45, 7) is 1.75. The van der Waals surface area contributed by atoms with E-state index in [1.165, 1.54) is 12.8 Å². The maximum atomic E-state index is 12.0. The number of carbonyl (C=O) groups is 1. The van der Waals surface area contributed by atoms with Crippen LogP contribution >= 0.6 is 0 Å². The maximum Gasteiger partial charge on any atom is 0.335 e. The molecule has 0 spiro atoms. The van der Waals surface area contributed by atoms with Gasteiger partial charge in [0.1, 0.15) is 0 Å². The van der Waals surface area contributed by atoms with Gasteiger partial charge in [0.2, 0.25) is 0 Å². The Kier molecular flexibility index (Phi) is 3.62. The molecule has 92 valence electrons. The van der Waals surface area contributed by atoms with Crippen molar-refractivity contribution in [3.05, 3.63) is 29.3 Å². The fourth-order valence-electron chi connectivity index (χ4n) is 1.77. The smallest absolute Gasteiger partial charge is 0.335 e. The number of carboxylic acid groups (broad SMARTS) is 1. The average Bonchev–Trinajstić information content (AvgIpc) is 3.10. The van der Waals surface area contributed by atoms with E-state index < -0.39 is 16.8 Å². The summed E-state index contributed by atoms with van der Waals surface area (Å²) >= 11 is 0.